The van der Waals surface area contributed by atoms with Crippen molar-refractivity contribution in [3.63, 3.8) is 0 Å². The van der Waals surface area contributed by atoms with Gasteiger partial charge in [-0.15, -0.1) is 0 Å². The molecule has 18 heavy (non-hydrogen) atoms. The zero-order chi connectivity index (χ0) is 13.1. The van der Waals surface area contributed by atoms with Crippen LogP contribution in [0.5, 0.6) is 0 Å². The third-order valence-corrected chi connectivity index (χ3v) is 4.25. The topological polar surface area (TPSA) is 40.6 Å². The summed E-state index contributed by atoms with van der Waals surface area (Å²) in [5, 5.41) is 0. The lowest BCUT2D eigenvalue weighted by Gasteiger charge is -2.38. The van der Waals surface area contributed by atoms with Crippen molar-refractivity contribution in [2.45, 2.75) is 45.6 Å². The van der Waals surface area contributed by atoms with Crippen LogP contribution in [0.3, 0.4) is 0 Å². The second kappa shape index (κ2) is 5.83. The Morgan fingerprint density at radius 1 is 1.11 bits per heavy atom. The molecule has 4 nitrogen and oxygen atoms in total. The molecule has 0 aromatic heterocycles. The zero-order valence-electron chi connectivity index (χ0n) is 11.5. The molecule has 1 saturated heterocycles. The molecule has 102 valence electrons. The Hall–Kier alpha value is -0.900. The minimum atomic E-state index is 0.105. The molecule has 0 unspecified atom stereocenters. The van der Waals surface area contributed by atoms with Gasteiger partial charge in [-0.25, -0.2) is 0 Å². The normalized spacial score (nSPS) is 23.7. The van der Waals surface area contributed by atoms with Gasteiger partial charge in [-0.1, -0.05) is 0 Å². The Bertz CT molecular complexity index is 310. The summed E-state index contributed by atoms with van der Waals surface area (Å²) >= 11 is 0. The summed E-state index contributed by atoms with van der Waals surface area (Å²) in [6, 6.07) is 0.564. The number of hydrogen-bond donors (Lipinski definition) is 0. The highest BCUT2D eigenvalue weighted by molar-refractivity contribution is 5.84. The minimum Gasteiger partial charge on any atom is -0.340 e. The molecule has 2 aliphatic rings. The highest BCUT2D eigenvalue weighted by Gasteiger charge is 2.30. The quantitative estimate of drug-likeness (QED) is 0.744. The fourth-order valence-electron chi connectivity index (χ4n) is 2.90. The molecule has 1 saturated carbocycles. The molecule has 2 fully saturated rings. The van der Waals surface area contributed by atoms with Crippen LogP contribution in [0.15, 0.2) is 0 Å². The molecule has 1 aliphatic heterocycles. The van der Waals surface area contributed by atoms with E-state index >= 15 is 0 Å². The van der Waals surface area contributed by atoms with Gasteiger partial charge in [-0.05, 0) is 26.7 Å². The second-order valence-electron chi connectivity index (χ2n) is 5.77. The number of ketones is 1. The maximum absolute atomic E-state index is 12.3. The predicted molar refractivity (Wildman–Crippen MR) is 70.3 cm³/mol. The average molecular weight is 252 g/mol. The van der Waals surface area contributed by atoms with E-state index in [1.807, 2.05) is 4.90 Å². The smallest absolute Gasteiger partial charge is 0.225 e. The molecular formula is C14H24N2O2. The SMILES string of the molecule is CC(C)N1CCN(C(=O)C2CCC(=O)CC2)CC1. The summed E-state index contributed by atoms with van der Waals surface area (Å²) in [6.45, 7) is 8.06. The highest BCUT2D eigenvalue weighted by atomic mass is 16.2. The van der Waals surface area contributed by atoms with E-state index in [1.54, 1.807) is 0 Å². The van der Waals surface area contributed by atoms with Gasteiger partial charge >= 0.3 is 0 Å². The number of amides is 1. The number of carbonyl (C=O) groups is 2. The van der Waals surface area contributed by atoms with E-state index < -0.39 is 0 Å². The van der Waals surface area contributed by atoms with E-state index in [4.69, 9.17) is 0 Å². The van der Waals surface area contributed by atoms with Crippen molar-refractivity contribution >= 4 is 11.7 Å². The van der Waals surface area contributed by atoms with Gasteiger partial charge in [0.15, 0.2) is 0 Å². The number of rotatable bonds is 2. The van der Waals surface area contributed by atoms with E-state index in [0.29, 0.717) is 24.7 Å². The first-order valence-corrected chi connectivity index (χ1v) is 7.12. The van der Waals surface area contributed by atoms with Crippen LogP contribution in [0.25, 0.3) is 0 Å². The molecule has 0 atom stereocenters. The number of hydrogen-bond acceptors (Lipinski definition) is 3. The first-order valence-electron chi connectivity index (χ1n) is 7.12. The largest absolute Gasteiger partial charge is 0.340 e. The Morgan fingerprint density at radius 3 is 2.17 bits per heavy atom. The monoisotopic (exact) mass is 252 g/mol. The molecule has 0 radical (unpaired) electrons. The van der Waals surface area contributed by atoms with Crippen LogP contribution in [0.1, 0.15) is 39.5 Å². The third-order valence-electron chi connectivity index (χ3n) is 4.25. The summed E-state index contributed by atoms with van der Waals surface area (Å²) in [5.74, 6) is 0.711. The van der Waals surface area contributed by atoms with Crippen molar-refractivity contribution in [1.29, 1.82) is 0 Å². The number of nitrogens with zero attached hydrogens (tertiary/aromatic N) is 2. The van der Waals surface area contributed by atoms with Crippen LogP contribution in [0, 0.1) is 5.92 Å². The van der Waals surface area contributed by atoms with Gasteiger partial charge in [0, 0.05) is 51.0 Å². The van der Waals surface area contributed by atoms with Gasteiger partial charge in [-0.3, -0.25) is 14.5 Å². The molecule has 0 spiro atoms. The van der Waals surface area contributed by atoms with Gasteiger partial charge in [-0.2, -0.15) is 0 Å². The first-order chi connectivity index (χ1) is 8.58. The van der Waals surface area contributed by atoms with Gasteiger partial charge in [0.1, 0.15) is 5.78 Å². The second-order valence-corrected chi connectivity index (χ2v) is 5.77. The molecule has 0 aromatic rings. The van der Waals surface area contributed by atoms with Crippen molar-refractivity contribution in [3.8, 4) is 0 Å². The summed E-state index contributed by atoms with van der Waals surface area (Å²) in [4.78, 5) is 27.9. The Morgan fingerprint density at radius 2 is 1.67 bits per heavy atom. The minimum absolute atomic E-state index is 0.105. The molecule has 0 aromatic carbocycles. The van der Waals surface area contributed by atoms with Gasteiger partial charge < -0.3 is 4.90 Å². The molecular weight excluding hydrogens is 228 g/mol. The maximum Gasteiger partial charge on any atom is 0.225 e. The van der Waals surface area contributed by atoms with Crippen LogP contribution >= 0.6 is 0 Å². The van der Waals surface area contributed by atoms with Crippen LogP contribution in [0.4, 0.5) is 0 Å². The summed E-state index contributed by atoms with van der Waals surface area (Å²) in [6.07, 6.45) is 2.73. The van der Waals surface area contributed by atoms with Gasteiger partial charge in [0.05, 0.1) is 0 Å². The lowest BCUT2D eigenvalue weighted by molar-refractivity contribution is -0.139. The number of carbonyl (C=O) groups excluding carboxylic acids is 2. The Labute approximate surface area is 109 Å². The summed E-state index contributed by atoms with van der Waals surface area (Å²) < 4.78 is 0. The van der Waals surface area contributed by atoms with Crippen LogP contribution in [0.2, 0.25) is 0 Å². The summed E-state index contributed by atoms with van der Waals surface area (Å²) in [7, 11) is 0. The maximum atomic E-state index is 12.3. The van der Waals surface area contributed by atoms with Gasteiger partial charge in [0.2, 0.25) is 5.91 Å². The molecule has 0 bridgehead atoms. The lowest BCUT2D eigenvalue weighted by atomic mass is 9.87. The van der Waals surface area contributed by atoms with E-state index in [1.165, 1.54) is 0 Å². The lowest BCUT2D eigenvalue weighted by Crippen LogP contribution is -2.52. The number of Topliss-reactive ketones (excluding diaryl/α,β-unsaturated/α-hetero) is 1. The molecule has 0 N–H and O–H groups in total. The molecule has 2 rings (SSSR count). The van der Waals surface area contributed by atoms with E-state index in [2.05, 4.69) is 18.7 Å². The zero-order valence-corrected chi connectivity index (χ0v) is 11.5. The third kappa shape index (κ3) is 3.10. The number of piperazine rings is 1. The average Bonchev–Trinajstić information content (AvgIpc) is 2.39. The van der Waals surface area contributed by atoms with Crippen LogP contribution in [-0.2, 0) is 9.59 Å². The summed E-state index contributed by atoms with van der Waals surface area (Å²) in [5.41, 5.74) is 0. The van der Waals surface area contributed by atoms with Crippen LogP contribution in [-0.4, -0.2) is 53.7 Å². The van der Waals surface area contributed by atoms with Crippen molar-refractivity contribution < 1.29 is 9.59 Å². The first kappa shape index (κ1) is 13.5. The van der Waals surface area contributed by atoms with Crippen molar-refractivity contribution in [3.05, 3.63) is 0 Å². The Kier molecular flexibility index (Phi) is 4.38. The molecule has 4 heteroatoms. The van der Waals surface area contributed by atoms with Gasteiger partial charge in [0.25, 0.3) is 0 Å². The predicted octanol–water partition coefficient (Wildman–Crippen LogP) is 1.30. The molecule has 1 heterocycles. The molecule has 1 aliphatic carbocycles. The standard InChI is InChI=1S/C14H24N2O2/c1-11(2)15-7-9-16(10-8-15)14(18)12-3-5-13(17)6-4-12/h11-12H,3-10H2,1-2H3. The van der Waals surface area contributed by atoms with Crippen molar-refractivity contribution in [1.82, 2.24) is 9.80 Å². The highest BCUT2D eigenvalue weighted by Crippen LogP contribution is 2.24. The molecule has 1 amide bonds. The van der Waals surface area contributed by atoms with E-state index in [-0.39, 0.29) is 11.8 Å². The van der Waals surface area contributed by atoms with Crippen LogP contribution < -0.4 is 0 Å². The fourth-order valence-corrected chi connectivity index (χ4v) is 2.90. The van der Waals surface area contributed by atoms with E-state index in [9.17, 15) is 9.59 Å². The van der Waals surface area contributed by atoms with Crippen molar-refractivity contribution in [2.75, 3.05) is 26.2 Å². The fraction of sp³-hybridized carbons (Fsp3) is 0.857. The van der Waals surface area contributed by atoms with Crippen molar-refractivity contribution in [2.24, 2.45) is 5.92 Å². The Balaban J connectivity index is 1.82. The van der Waals surface area contributed by atoms with E-state index in [0.717, 1.165) is 39.0 Å².